The molecular formula is C11H14O2. The molecule has 2 nitrogen and oxygen atoms in total. The normalized spacial score (nSPS) is 17.8. The monoisotopic (exact) mass is 178 g/mol. The molecule has 1 aromatic rings. The molecule has 0 fully saturated rings. The van der Waals surface area contributed by atoms with E-state index >= 15 is 0 Å². The van der Waals surface area contributed by atoms with E-state index in [1.807, 2.05) is 18.2 Å². The lowest BCUT2D eigenvalue weighted by Crippen LogP contribution is -2.24. The third kappa shape index (κ3) is 1.48. The lowest BCUT2D eigenvalue weighted by molar-refractivity contribution is 0.138. The van der Waals surface area contributed by atoms with Gasteiger partial charge in [0.05, 0.1) is 7.11 Å². The Morgan fingerprint density at radius 3 is 2.85 bits per heavy atom. The molecule has 0 amide bonds. The summed E-state index contributed by atoms with van der Waals surface area (Å²) in [6.45, 7) is 4.19. The molecule has 1 heterocycles. The van der Waals surface area contributed by atoms with Crippen molar-refractivity contribution in [2.45, 2.75) is 25.9 Å². The highest BCUT2D eigenvalue weighted by Gasteiger charge is 2.29. The van der Waals surface area contributed by atoms with E-state index in [9.17, 15) is 0 Å². The molecule has 13 heavy (non-hydrogen) atoms. The second kappa shape index (κ2) is 2.66. The second-order valence-electron chi connectivity index (χ2n) is 4.01. The van der Waals surface area contributed by atoms with Gasteiger partial charge in [-0.05, 0) is 32.0 Å². The maximum absolute atomic E-state index is 5.74. The van der Waals surface area contributed by atoms with Gasteiger partial charge in [0.25, 0.3) is 0 Å². The van der Waals surface area contributed by atoms with Crippen LogP contribution in [0.5, 0.6) is 11.5 Å². The van der Waals surface area contributed by atoms with Gasteiger partial charge in [-0.3, -0.25) is 0 Å². The van der Waals surface area contributed by atoms with Crippen molar-refractivity contribution in [3.05, 3.63) is 23.8 Å². The van der Waals surface area contributed by atoms with Crippen LogP contribution in [-0.4, -0.2) is 12.7 Å². The summed E-state index contributed by atoms with van der Waals surface area (Å²) in [5.74, 6) is 1.89. The maximum atomic E-state index is 5.74. The molecule has 0 atom stereocenters. The van der Waals surface area contributed by atoms with E-state index in [4.69, 9.17) is 9.47 Å². The van der Waals surface area contributed by atoms with E-state index in [1.165, 1.54) is 5.56 Å². The Hall–Kier alpha value is -1.18. The Kier molecular flexibility index (Phi) is 1.72. The van der Waals surface area contributed by atoms with Crippen LogP contribution in [0.25, 0.3) is 0 Å². The Bertz CT molecular complexity index is 329. The lowest BCUT2D eigenvalue weighted by Gasteiger charge is -2.16. The average Bonchev–Trinajstić information content (AvgIpc) is 2.36. The summed E-state index contributed by atoms with van der Waals surface area (Å²) in [6, 6.07) is 5.95. The van der Waals surface area contributed by atoms with Crippen molar-refractivity contribution in [1.82, 2.24) is 0 Å². The fourth-order valence-corrected chi connectivity index (χ4v) is 1.71. The summed E-state index contributed by atoms with van der Waals surface area (Å²) >= 11 is 0. The molecule has 0 bridgehead atoms. The highest BCUT2D eigenvalue weighted by atomic mass is 16.5. The molecule has 0 spiro atoms. The highest BCUT2D eigenvalue weighted by Crippen LogP contribution is 2.36. The van der Waals surface area contributed by atoms with E-state index < -0.39 is 0 Å². The van der Waals surface area contributed by atoms with Gasteiger partial charge < -0.3 is 9.47 Å². The van der Waals surface area contributed by atoms with Gasteiger partial charge in [0, 0.05) is 12.0 Å². The number of rotatable bonds is 1. The SMILES string of the molecule is COc1ccc2c(c1)CC(C)(C)O2. The van der Waals surface area contributed by atoms with Crippen LogP contribution in [0.15, 0.2) is 18.2 Å². The minimum atomic E-state index is -0.0608. The molecule has 2 heteroatoms. The summed E-state index contributed by atoms with van der Waals surface area (Å²) in [7, 11) is 1.68. The molecule has 1 aliphatic rings. The third-order valence-electron chi connectivity index (χ3n) is 2.27. The Labute approximate surface area is 78.5 Å². The van der Waals surface area contributed by atoms with Crippen molar-refractivity contribution in [2.24, 2.45) is 0 Å². The van der Waals surface area contributed by atoms with Gasteiger partial charge in [0.2, 0.25) is 0 Å². The molecule has 0 aliphatic carbocycles. The maximum Gasteiger partial charge on any atom is 0.123 e. The van der Waals surface area contributed by atoms with E-state index in [-0.39, 0.29) is 5.60 Å². The first-order chi connectivity index (χ1) is 6.11. The van der Waals surface area contributed by atoms with Crippen molar-refractivity contribution < 1.29 is 9.47 Å². The third-order valence-corrected chi connectivity index (χ3v) is 2.27. The molecular weight excluding hydrogens is 164 g/mol. The van der Waals surface area contributed by atoms with Crippen molar-refractivity contribution in [2.75, 3.05) is 7.11 Å². The quantitative estimate of drug-likeness (QED) is 0.657. The molecule has 1 aliphatic heterocycles. The first-order valence-electron chi connectivity index (χ1n) is 4.47. The molecule has 0 saturated heterocycles. The van der Waals surface area contributed by atoms with Crippen LogP contribution in [0, 0.1) is 0 Å². The lowest BCUT2D eigenvalue weighted by atomic mass is 10.0. The van der Waals surface area contributed by atoms with E-state index in [0.29, 0.717) is 0 Å². The molecule has 1 aromatic carbocycles. The van der Waals surface area contributed by atoms with Gasteiger partial charge in [-0.15, -0.1) is 0 Å². The minimum Gasteiger partial charge on any atom is -0.497 e. The van der Waals surface area contributed by atoms with E-state index in [1.54, 1.807) is 7.11 Å². The standard InChI is InChI=1S/C11H14O2/c1-11(2)7-8-6-9(12-3)4-5-10(8)13-11/h4-6H,7H2,1-3H3. The number of hydrogen-bond donors (Lipinski definition) is 0. The summed E-state index contributed by atoms with van der Waals surface area (Å²) < 4.78 is 10.9. The van der Waals surface area contributed by atoms with Crippen molar-refractivity contribution in [1.29, 1.82) is 0 Å². The molecule has 70 valence electrons. The zero-order valence-electron chi connectivity index (χ0n) is 8.26. The van der Waals surface area contributed by atoms with Crippen molar-refractivity contribution in [3.8, 4) is 11.5 Å². The Morgan fingerprint density at radius 1 is 1.38 bits per heavy atom. The van der Waals surface area contributed by atoms with Crippen LogP contribution in [0.1, 0.15) is 19.4 Å². The number of fused-ring (bicyclic) bond motifs is 1. The second-order valence-corrected chi connectivity index (χ2v) is 4.01. The molecule has 0 unspecified atom stereocenters. The van der Waals surface area contributed by atoms with Crippen LogP contribution in [0.2, 0.25) is 0 Å². The number of hydrogen-bond acceptors (Lipinski definition) is 2. The smallest absolute Gasteiger partial charge is 0.123 e. The predicted molar refractivity (Wildman–Crippen MR) is 51.4 cm³/mol. The van der Waals surface area contributed by atoms with Crippen molar-refractivity contribution >= 4 is 0 Å². The van der Waals surface area contributed by atoms with Gasteiger partial charge in [0.1, 0.15) is 17.1 Å². The number of methoxy groups -OCH3 is 1. The summed E-state index contributed by atoms with van der Waals surface area (Å²) in [6.07, 6.45) is 0.958. The number of benzene rings is 1. The van der Waals surface area contributed by atoms with Crippen LogP contribution in [0.4, 0.5) is 0 Å². The Balaban J connectivity index is 2.36. The fourth-order valence-electron chi connectivity index (χ4n) is 1.71. The zero-order valence-corrected chi connectivity index (χ0v) is 8.26. The average molecular weight is 178 g/mol. The van der Waals surface area contributed by atoms with Crippen LogP contribution in [0.3, 0.4) is 0 Å². The molecule has 0 saturated carbocycles. The van der Waals surface area contributed by atoms with Crippen LogP contribution in [-0.2, 0) is 6.42 Å². The first kappa shape index (κ1) is 8.42. The molecule has 0 radical (unpaired) electrons. The van der Waals surface area contributed by atoms with E-state index in [2.05, 4.69) is 13.8 Å². The van der Waals surface area contributed by atoms with Crippen LogP contribution >= 0.6 is 0 Å². The summed E-state index contributed by atoms with van der Waals surface area (Å²) in [5.41, 5.74) is 1.18. The zero-order chi connectivity index (χ0) is 9.47. The van der Waals surface area contributed by atoms with Gasteiger partial charge in [-0.25, -0.2) is 0 Å². The minimum absolute atomic E-state index is 0.0608. The fraction of sp³-hybridized carbons (Fsp3) is 0.455. The number of ether oxygens (including phenoxy) is 2. The largest absolute Gasteiger partial charge is 0.497 e. The van der Waals surface area contributed by atoms with Crippen molar-refractivity contribution in [3.63, 3.8) is 0 Å². The first-order valence-corrected chi connectivity index (χ1v) is 4.47. The van der Waals surface area contributed by atoms with Gasteiger partial charge in [0.15, 0.2) is 0 Å². The highest BCUT2D eigenvalue weighted by molar-refractivity contribution is 5.44. The molecule has 2 rings (SSSR count). The van der Waals surface area contributed by atoms with E-state index in [0.717, 1.165) is 17.9 Å². The van der Waals surface area contributed by atoms with Gasteiger partial charge in [-0.1, -0.05) is 0 Å². The predicted octanol–water partition coefficient (Wildman–Crippen LogP) is 2.41. The summed E-state index contributed by atoms with van der Waals surface area (Å²) in [4.78, 5) is 0. The Morgan fingerprint density at radius 2 is 2.15 bits per heavy atom. The molecule has 0 aromatic heterocycles. The molecule has 0 N–H and O–H groups in total. The topological polar surface area (TPSA) is 18.5 Å². The van der Waals surface area contributed by atoms with Gasteiger partial charge in [-0.2, -0.15) is 0 Å². The van der Waals surface area contributed by atoms with Gasteiger partial charge >= 0.3 is 0 Å². The summed E-state index contributed by atoms with van der Waals surface area (Å²) in [5, 5.41) is 0. The van der Waals surface area contributed by atoms with Crippen LogP contribution < -0.4 is 9.47 Å².